The summed E-state index contributed by atoms with van der Waals surface area (Å²) in [6, 6.07) is -0.0167. The zero-order chi connectivity index (χ0) is 16.9. The highest BCUT2D eigenvalue weighted by Crippen LogP contribution is 2.59. The van der Waals surface area contributed by atoms with Crippen LogP contribution in [0.1, 0.15) is 30.4 Å². The van der Waals surface area contributed by atoms with Gasteiger partial charge in [0.1, 0.15) is 6.33 Å². The number of likely N-dealkylation sites (tertiary alicyclic amines) is 1. The number of carbonyl (C=O) groups excluding carboxylic acids is 3. The van der Waals surface area contributed by atoms with Crippen molar-refractivity contribution in [2.75, 3.05) is 26.2 Å². The molecule has 1 aliphatic carbocycles. The van der Waals surface area contributed by atoms with Gasteiger partial charge in [0.2, 0.25) is 17.6 Å². The second-order valence-electron chi connectivity index (χ2n) is 7.05. The number of piperazine rings is 1. The molecule has 1 aromatic rings. The third kappa shape index (κ3) is 2.35. The van der Waals surface area contributed by atoms with Gasteiger partial charge in [-0.25, -0.2) is 4.98 Å². The molecule has 0 bridgehead atoms. The Morgan fingerprint density at radius 2 is 2.17 bits per heavy atom. The van der Waals surface area contributed by atoms with Crippen LogP contribution < -0.4 is 5.32 Å². The van der Waals surface area contributed by atoms with Crippen LogP contribution in [0.2, 0.25) is 0 Å². The van der Waals surface area contributed by atoms with Crippen molar-refractivity contribution < 1.29 is 14.4 Å². The van der Waals surface area contributed by atoms with Gasteiger partial charge in [0, 0.05) is 25.7 Å². The summed E-state index contributed by atoms with van der Waals surface area (Å²) < 4.78 is 0. The van der Waals surface area contributed by atoms with E-state index >= 15 is 0 Å². The molecule has 3 fully saturated rings. The number of piperidine rings is 1. The summed E-state index contributed by atoms with van der Waals surface area (Å²) in [5, 5.41) is 9.12. The van der Waals surface area contributed by atoms with E-state index in [4.69, 9.17) is 0 Å². The van der Waals surface area contributed by atoms with Crippen LogP contribution in [0.25, 0.3) is 0 Å². The van der Waals surface area contributed by atoms with Gasteiger partial charge in [0.25, 0.3) is 5.91 Å². The first kappa shape index (κ1) is 15.1. The second kappa shape index (κ2) is 5.29. The van der Waals surface area contributed by atoms with E-state index in [-0.39, 0.29) is 47.5 Å². The zero-order valence-corrected chi connectivity index (χ0v) is 13.5. The lowest BCUT2D eigenvalue weighted by molar-refractivity contribution is -0.145. The van der Waals surface area contributed by atoms with E-state index in [1.54, 1.807) is 9.80 Å². The van der Waals surface area contributed by atoms with Crippen LogP contribution in [0, 0.1) is 11.3 Å². The molecule has 2 saturated heterocycles. The molecule has 3 amide bonds. The normalized spacial score (nSPS) is 32.1. The molecule has 3 heterocycles. The topological polar surface area (TPSA) is 111 Å². The molecule has 0 spiro atoms. The Balaban J connectivity index is 1.42. The number of hydrogen-bond acceptors (Lipinski definition) is 5. The van der Waals surface area contributed by atoms with Crippen LogP contribution in [0.5, 0.6) is 0 Å². The predicted octanol–water partition coefficient (Wildman–Crippen LogP) is -0.996. The van der Waals surface area contributed by atoms with E-state index in [1.807, 2.05) is 6.92 Å². The molecule has 3 aliphatic rings. The Morgan fingerprint density at radius 3 is 2.83 bits per heavy atom. The predicted molar refractivity (Wildman–Crippen MR) is 81.6 cm³/mol. The smallest absolute Gasteiger partial charge is 0.291 e. The number of nitrogens with zero attached hydrogens (tertiary/aromatic N) is 4. The van der Waals surface area contributed by atoms with Crippen molar-refractivity contribution in [2.24, 2.45) is 11.3 Å². The first-order valence-corrected chi connectivity index (χ1v) is 8.23. The van der Waals surface area contributed by atoms with Gasteiger partial charge in [-0.15, -0.1) is 0 Å². The zero-order valence-electron chi connectivity index (χ0n) is 13.5. The number of carbonyl (C=O) groups is 3. The molecular weight excluding hydrogens is 312 g/mol. The highest BCUT2D eigenvalue weighted by atomic mass is 16.2. The first-order valence-electron chi connectivity index (χ1n) is 8.23. The van der Waals surface area contributed by atoms with E-state index < -0.39 is 0 Å². The molecule has 24 heavy (non-hydrogen) atoms. The van der Waals surface area contributed by atoms with Gasteiger partial charge in [-0.05, 0) is 25.7 Å². The van der Waals surface area contributed by atoms with Gasteiger partial charge in [-0.1, -0.05) is 0 Å². The van der Waals surface area contributed by atoms with Gasteiger partial charge in [0.05, 0.1) is 12.0 Å². The van der Waals surface area contributed by atoms with Crippen molar-refractivity contribution in [1.29, 1.82) is 0 Å². The fourth-order valence-corrected chi connectivity index (χ4v) is 4.03. The number of H-pyrrole nitrogens is 1. The Bertz CT molecular complexity index is 689. The molecule has 1 saturated carbocycles. The van der Waals surface area contributed by atoms with E-state index in [9.17, 15) is 14.4 Å². The number of fused-ring (bicyclic) bond motifs is 1. The second-order valence-corrected chi connectivity index (χ2v) is 7.05. The summed E-state index contributed by atoms with van der Waals surface area (Å²) in [6.07, 6.45) is 2.74. The van der Waals surface area contributed by atoms with E-state index in [1.165, 1.54) is 6.33 Å². The molecule has 0 unspecified atom stereocenters. The first-order chi connectivity index (χ1) is 11.5. The summed E-state index contributed by atoms with van der Waals surface area (Å²) in [7, 11) is 0. The van der Waals surface area contributed by atoms with E-state index in [2.05, 4.69) is 20.5 Å². The molecule has 2 aliphatic heterocycles. The highest BCUT2D eigenvalue weighted by molar-refractivity contribution is 5.93. The lowest BCUT2D eigenvalue weighted by atomic mass is 9.92. The van der Waals surface area contributed by atoms with Crippen LogP contribution in [0.15, 0.2) is 6.33 Å². The fraction of sp³-hybridized carbons (Fsp3) is 0.667. The maximum atomic E-state index is 12.9. The Hall–Kier alpha value is -2.45. The van der Waals surface area contributed by atoms with Crippen LogP contribution in [-0.2, 0) is 9.59 Å². The molecule has 4 rings (SSSR count). The number of aromatic nitrogens is 3. The summed E-state index contributed by atoms with van der Waals surface area (Å²) in [6.45, 7) is 3.67. The molecule has 0 radical (unpaired) electrons. The Morgan fingerprint density at radius 1 is 1.33 bits per heavy atom. The maximum Gasteiger partial charge on any atom is 0.291 e. The van der Waals surface area contributed by atoms with Crippen molar-refractivity contribution >= 4 is 17.7 Å². The van der Waals surface area contributed by atoms with Gasteiger partial charge in [-0.2, -0.15) is 5.10 Å². The van der Waals surface area contributed by atoms with Crippen molar-refractivity contribution in [3.63, 3.8) is 0 Å². The molecule has 128 valence electrons. The molecule has 3 atom stereocenters. The SMILES string of the molecule is C[C@H]1CN(C(=O)[C@@]23CCN(C(=O)c4ncn[nH]4)C[C@@H]2C3)CC(=O)N1. The van der Waals surface area contributed by atoms with Gasteiger partial charge >= 0.3 is 0 Å². The Kier molecular flexibility index (Phi) is 3.33. The highest BCUT2D eigenvalue weighted by Gasteiger charge is 2.63. The summed E-state index contributed by atoms with van der Waals surface area (Å²) in [5.74, 6) is 0.197. The average Bonchev–Trinajstić information content (AvgIpc) is 3.03. The van der Waals surface area contributed by atoms with Crippen LogP contribution >= 0.6 is 0 Å². The minimum atomic E-state index is -0.379. The maximum absolute atomic E-state index is 12.9. The number of amides is 3. The molecule has 1 aromatic heterocycles. The summed E-state index contributed by atoms with van der Waals surface area (Å²) in [4.78, 5) is 44.2. The third-order valence-corrected chi connectivity index (χ3v) is 5.35. The molecule has 9 heteroatoms. The largest absolute Gasteiger partial charge is 0.350 e. The summed E-state index contributed by atoms with van der Waals surface area (Å²) in [5.41, 5.74) is -0.379. The minimum absolute atomic E-state index is 0.0167. The number of nitrogens with one attached hydrogen (secondary N) is 2. The van der Waals surface area contributed by atoms with Crippen LogP contribution in [0.4, 0.5) is 0 Å². The fourth-order valence-electron chi connectivity index (χ4n) is 4.03. The van der Waals surface area contributed by atoms with Crippen molar-refractivity contribution in [2.45, 2.75) is 25.8 Å². The summed E-state index contributed by atoms with van der Waals surface area (Å²) >= 11 is 0. The quantitative estimate of drug-likeness (QED) is 0.722. The molecule has 9 nitrogen and oxygen atoms in total. The van der Waals surface area contributed by atoms with Crippen LogP contribution in [-0.4, -0.2) is 74.9 Å². The average molecular weight is 332 g/mol. The molecular formula is C15H20N6O3. The lowest BCUT2D eigenvalue weighted by Gasteiger charge is -2.37. The minimum Gasteiger partial charge on any atom is -0.350 e. The monoisotopic (exact) mass is 332 g/mol. The molecule has 2 N–H and O–H groups in total. The lowest BCUT2D eigenvalue weighted by Crippen LogP contribution is -2.57. The standard InChI is InChI=1S/C15H20N6O3/c1-9-5-21(7-11(22)18-9)14(24)15-2-3-20(6-10(15)4-15)13(23)12-16-8-17-19-12/h8-10H,2-7H2,1H3,(H,18,22)(H,16,17,19)/t9-,10-,15+/m0/s1. The van der Waals surface area contributed by atoms with E-state index in [0.717, 1.165) is 6.42 Å². The van der Waals surface area contributed by atoms with Gasteiger partial charge in [-0.3, -0.25) is 19.5 Å². The Labute approximate surface area is 138 Å². The number of hydrogen-bond donors (Lipinski definition) is 2. The van der Waals surface area contributed by atoms with Gasteiger partial charge < -0.3 is 15.1 Å². The van der Waals surface area contributed by atoms with E-state index in [0.29, 0.717) is 26.1 Å². The van der Waals surface area contributed by atoms with Crippen LogP contribution in [0.3, 0.4) is 0 Å². The van der Waals surface area contributed by atoms with Crippen molar-refractivity contribution in [3.8, 4) is 0 Å². The third-order valence-electron chi connectivity index (χ3n) is 5.35. The molecule has 0 aromatic carbocycles. The van der Waals surface area contributed by atoms with Gasteiger partial charge in [0.15, 0.2) is 0 Å². The number of aromatic amines is 1. The van der Waals surface area contributed by atoms with Crippen molar-refractivity contribution in [1.82, 2.24) is 30.3 Å². The van der Waals surface area contributed by atoms with Crippen molar-refractivity contribution in [3.05, 3.63) is 12.2 Å². The number of rotatable bonds is 2.